The van der Waals surface area contributed by atoms with Crippen LogP contribution in [0.5, 0.6) is 0 Å². The van der Waals surface area contributed by atoms with Crippen molar-refractivity contribution in [2.75, 3.05) is 0 Å². The third kappa shape index (κ3) is 1.47. The predicted octanol–water partition coefficient (Wildman–Crippen LogP) is 2.13. The van der Waals surface area contributed by atoms with E-state index in [-0.39, 0.29) is 0 Å². The number of benzene rings is 1. The summed E-state index contributed by atoms with van der Waals surface area (Å²) >= 11 is 11.6. The van der Waals surface area contributed by atoms with Gasteiger partial charge in [-0.15, -0.1) is 0 Å². The summed E-state index contributed by atoms with van der Waals surface area (Å²) in [6.07, 6.45) is 0.930. The Hall–Kier alpha value is -0.135. The number of rotatable bonds is 1. The molecule has 0 unspecified atom stereocenters. The van der Waals surface area contributed by atoms with E-state index in [2.05, 4.69) is 7.85 Å². The maximum absolute atomic E-state index is 5.86. The maximum Gasteiger partial charge on any atom is 0.107 e. The lowest BCUT2D eigenvalue weighted by Gasteiger charge is -2.00. The molecule has 0 saturated carbocycles. The van der Waals surface area contributed by atoms with Crippen molar-refractivity contribution in [1.82, 2.24) is 0 Å². The second kappa shape index (κ2) is 3.31. The first kappa shape index (κ1) is 7.97. The van der Waals surface area contributed by atoms with Crippen LogP contribution in [0.3, 0.4) is 0 Å². The summed E-state index contributed by atoms with van der Waals surface area (Å²) in [6, 6.07) is 5.68. The summed E-state index contributed by atoms with van der Waals surface area (Å²) in [5, 5.41) is 1.33. The minimum Gasteiger partial charge on any atom is -0.0827 e. The SMILES string of the molecule is BCc1cccc(Cl)c1Cl. The molecule has 10 heavy (non-hydrogen) atoms. The van der Waals surface area contributed by atoms with Gasteiger partial charge in [0.1, 0.15) is 7.85 Å². The zero-order valence-corrected chi connectivity index (χ0v) is 7.21. The van der Waals surface area contributed by atoms with E-state index < -0.39 is 0 Å². The molecule has 0 spiro atoms. The highest BCUT2D eigenvalue weighted by Crippen LogP contribution is 2.24. The topological polar surface area (TPSA) is 0 Å². The monoisotopic (exact) mass is 172 g/mol. The van der Waals surface area contributed by atoms with Gasteiger partial charge in [-0.25, -0.2) is 0 Å². The van der Waals surface area contributed by atoms with Gasteiger partial charge in [0.05, 0.1) is 10.0 Å². The van der Waals surface area contributed by atoms with E-state index in [0.29, 0.717) is 10.0 Å². The molecule has 52 valence electrons. The molecule has 0 aromatic heterocycles. The molecular formula is C7H7BCl2. The van der Waals surface area contributed by atoms with Gasteiger partial charge < -0.3 is 0 Å². The highest BCUT2D eigenvalue weighted by molar-refractivity contribution is 6.42. The van der Waals surface area contributed by atoms with Crippen molar-refractivity contribution in [3.63, 3.8) is 0 Å². The molecule has 1 aromatic carbocycles. The van der Waals surface area contributed by atoms with Gasteiger partial charge >= 0.3 is 0 Å². The molecule has 0 atom stereocenters. The van der Waals surface area contributed by atoms with Crippen molar-refractivity contribution >= 4 is 31.0 Å². The molecule has 0 saturated heterocycles. The molecule has 0 nitrogen and oxygen atoms in total. The van der Waals surface area contributed by atoms with E-state index in [4.69, 9.17) is 23.2 Å². The van der Waals surface area contributed by atoms with E-state index >= 15 is 0 Å². The highest BCUT2D eigenvalue weighted by atomic mass is 35.5. The first-order valence-corrected chi connectivity index (χ1v) is 3.94. The molecule has 0 aliphatic carbocycles. The fourth-order valence-electron chi connectivity index (χ4n) is 0.822. The van der Waals surface area contributed by atoms with Crippen LogP contribution in [0.2, 0.25) is 10.0 Å². The fourth-order valence-corrected chi connectivity index (χ4v) is 1.28. The first-order valence-electron chi connectivity index (χ1n) is 3.18. The Labute approximate surface area is 71.6 Å². The van der Waals surface area contributed by atoms with Gasteiger partial charge in [0.15, 0.2) is 0 Å². The van der Waals surface area contributed by atoms with E-state index in [9.17, 15) is 0 Å². The average Bonchev–Trinajstić information content (AvgIpc) is 1.95. The van der Waals surface area contributed by atoms with Crippen LogP contribution < -0.4 is 0 Å². The Bertz CT molecular complexity index is 235. The molecule has 0 fully saturated rings. The molecule has 0 heterocycles. The van der Waals surface area contributed by atoms with E-state index in [1.165, 1.54) is 0 Å². The Kier molecular flexibility index (Phi) is 2.64. The van der Waals surface area contributed by atoms with Crippen molar-refractivity contribution in [3.8, 4) is 0 Å². The Balaban J connectivity index is 3.14. The molecule has 0 N–H and O–H groups in total. The zero-order chi connectivity index (χ0) is 7.56. The van der Waals surface area contributed by atoms with Gasteiger partial charge in [-0.05, 0) is 11.6 Å². The second-order valence-electron chi connectivity index (χ2n) is 2.07. The smallest absolute Gasteiger partial charge is 0.0827 e. The van der Waals surface area contributed by atoms with Crippen molar-refractivity contribution in [3.05, 3.63) is 33.8 Å². The zero-order valence-electron chi connectivity index (χ0n) is 5.70. The molecule has 0 aliphatic heterocycles. The van der Waals surface area contributed by atoms with Crippen LogP contribution in [-0.4, -0.2) is 7.85 Å². The maximum atomic E-state index is 5.86. The van der Waals surface area contributed by atoms with Gasteiger partial charge in [0.2, 0.25) is 0 Å². The summed E-state index contributed by atoms with van der Waals surface area (Å²) < 4.78 is 0. The molecule has 1 rings (SSSR count). The minimum absolute atomic E-state index is 0.640. The van der Waals surface area contributed by atoms with E-state index in [1.807, 2.05) is 12.1 Å². The fraction of sp³-hybridized carbons (Fsp3) is 0.143. The van der Waals surface area contributed by atoms with Crippen LogP contribution in [0, 0.1) is 0 Å². The van der Waals surface area contributed by atoms with E-state index in [1.54, 1.807) is 6.07 Å². The average molecular weight is 173 g/mol. The predicted molar refractivity (Wildman–Crippen MR) is 48.7 cm³/mol. The largest absolute Gasteiger partial charge is 0.107 e. The van der Waals surface area contributed by atoms with E-state index in [0.717, 1.165) is 11.9 Å². The number of halogens is 2. The molecule has 0 aliphatic rings. The van der Waals surface area contributed by atoms with Crippen LogP contribution in [0.1, 0.15) is 5.56 Å². The van der Waals surface area contributed by atoms with Gasteiger partial charge in [-0.3, -0.25) is 0 Å². The van der Waals surface area contributed by atoms with Crippen molar-refractivity contribution < 1.29 is 0 Å². The summed E-state index contributed by atoms with van der Waals surface area (Å²) in [6.45, 7) is 0. The lowest BCUT2D eigenvalue weighted by molar-refractivity contribution is 1.40. The highest BCUT2D eigenvalue weighted by Gasteiger charge is 1.99. The van der Waals surface area contributed by atoms with Crippen LogP contribution in [0.15, 0.2) is 18.2 Å². The van der Waals surface area contributed by atoms with Gasteiger partial charge in [-0.2, -0.15) is 0 Å². The Morgan fingerprint density at radius 2 is 2.00 bits per heavy atom. The van der Waals surface area contributed by atoms with Gasteiger partial charge in [0.25, 0.3) is 0 Å². The number of hydrogen-bond acceptors (Lipinski definition) is 0. The molecule has 1 aromatic rings. The minimum atomic E-state index is 0.640. The van der Waals surface area contributed by atoms with Crippen LogP contribution in [-0.2, 0) is 6.32 Å². The van der Waals surface area contributed by atoms with Crippen LogP contribution in [0.4, 0.5) is 0 Å². The molecular weight excluding hydrogens is 166 g/mol. The number of hydrogen-bond donors (Lipinski definition) is 0. The Morgan fingerprint density at radius 3 is 2.50 bits per heavy atom. The summed E-state index contributed by atoms with van der Waals surface area (Å²) in [4.78, 5) is 0. The normalized spacial score (nSPS) is 9.80. The molecule has 0 bridgehead atoms. The molecule has 0 radical (unpaired) electrons. The third-order valence-electron chi connectivity index (χ3n) is 1.41. The Morgan fingerprint density at radius 1 is 1.30 bits per heavy atom. The lowest BCUT2D eigenvalue weighted by atomic mass is 9.97. The van der Waals surface area contributed by atoms with Crippen molar-refractivity contribution in [1.29, 1.82) is 0 Å². The third-order valence-corrected chi connectivity index (χ3v) is 2.27. The van der Waals surface area contributed by atoms with Crippen LogP contribution in [0.25, 0.3) is 0 Å². The first-order chi connectivity index (χ1) is 4.75. The van der Waals surface area contributed by atoms with Crippen molar-refractivity contribution in [2.24, 2.45) is 0 Å². The van der Waals surface area contributed by atoms with Crippen molar-refractivity contribution in [2.45, 2.75) is 6.32 Å². The standard InChI is InChI=1S/C7H7BCl2/c8-4-5-2-1-3-6(9)7(5)10/h1-3H,4,8H2. The van der Waals surface area contributed by atoms with Gasteiger partial charge in [0, 0.05) is 0 Å². The molecule has 0 amide bonds. The second-order valence-corrected chi connectivity index (χ2v) is 2.85. The summed E-state index contributed by atoms with van der Waals surface area (Å²) in [5.41, 5.74) is 1.11. The lowest BCUT2D eigenvalue weighted by Crippen LogP contribution is -1.84. The van der Waals surface area contributed by atoms with Crippen LogP contribution >= 0.6 is 23.2 Å². The quantitative estimate of drug-likeness (QED) is 0.570. The summed E-state index contributed by atoms with van der Waals surface area (Å²) in [5.74, 6) is 0. The molecule has 3 heteroatoms. The van der Waals surface area contributed by atoms with Gasteiger partial charge in [-0.1, -0.05) is 41.7 Å². The summed E-state index contributed by atoms with van der Waals surface area (Å²) in [7, 11) is 2.05.